The third kappa shape index (κ3) is 6.07. The fourth-order valence-corrected chi connectivity index (χ4v) is 5.14. The van der Waals surface area contributed by atoms with Gasteiger partial charge < -0.3 is 10.6 Å². The lowest BCUT2D eigenvalue weighted by molar-refractivity contribution is 1.50. The Kier molecular flexibility index (Phi) is 13.0. The maximum atomic E-state index is 3.93. The first-order valence-electron chi connectivity index (χ1n) is 15.1. The van der Waals surface area contributed by atoms with Gasteiger partial charge in [0.2, 0.25) is 0 Å². The second kappa shape index (κ2) is 16.2. The molecule has 2 heteroatoms. The van der Waals surface area contributed by atoms with Gasteiger partial charge in [-0.05, 0) is 23.3 Å². The van der Waals surface area contributed by atoms with Crippen LogP contribution in [0.1, 0.15) is 61.0 Å². The van der Waals surface area contributed by atoms with E-state index in [2.05, 4.69) is 115 Å². The van der Waals surface area contributed by atoms with E-state index in [4.69, 9.17) is 0 Å². The van der Waals surface area contributed by atoms with E-state index < -0.39 is 0 Å². The molecule has 0 heterocycles. The van der Waals surface area contributed by atoms with Crippen molar-refractivity contribution in [2.24, 2.45) is 0 Å². The summed E-state index contributed by atoms with van der Waals surface area (Å²) in [7, 11) is 2.00. The zero-order valence-electron chi connectivity index (χ0n) is 26.2. The molecule has 6 aromatic carbocycles. The molecule has 0 radical (unpaired) electrons. The van der Waals surface area contributed by atoms with Gasteiger partial charge in [0.15, 0.2) is 0 Å². The van der Waals surface area contributed by atoms with Crippen LogP contribution >= 0.6 is 0 Å². The van der Waals surface area contributed by atoms with Crippen LogP contribution in [-0.2, 0) is 0 Å². The van der Waals surface area contributed by atoms with E-state index in [0.717, 1.165) is 11.4 Å². The molecule has 0 aliphatic heterocycles. The predicted octanol–water partition coefficient (Wildman–Crippen LogP) is 12.5. The number of aryl methyl sites for hydroxylation is 1. The van der Waals surface area contributed by atoms with Crippen molar-refractivity contribution in [1.29, 1.82) is 0 Å². The Labute approximate surface area is 242 Å². The van der Waals surface area contributed by atoms with Crippen LogP contribution < -0.4 is 10.6 Å². The molecule has 0 aromatic heterocycles. The summed E-state index contributed by atoms with van der Waals surface area (Å²) < 4.78 is 0. The van der Waals surface area contributed by atoms with Crippen molar-refractivity contribution >= 4 is 60.2 Å². The van der Waals surface area contributed by atoms with Gasteiger partial charge in [-0.2, -0.15) is 0 Å². The summed E-state index contributed by atoms with van der Waals surface area (Å²) in [5, 5.41) is 17.3. The highest BCUT2D eigenvalue weighted by Crippen LogP contribution is 2.44. The summed E-state index contributed by atoms with van der Waals surface area (Å²) in [6, 6.07) is 34.7. The molecular weight excluding hydrogens is 484 g/mol. The first-order chi connectivity index (χ1) is 19.8. The molecule has 0 spiro atoms. The maximum Gasteiger partial charge on any atom is 0.0545 e. The second-order valence-corrected chi connectivity index (χ2v) is 8.31. The monoisotopic (exact) mass is 532 g/mol. The molecule has 0 saturated carbocycles. The van der Waals surface area contributed by atoms with E-state index in [0.29, 0.717) is 0 Å². The molecule has 0 atom stereocenters. The predicted molar refractivity (Wildman–Crippen MR) is 186 cm³/mol. The molecule has 0 saturated heterocycles. The Morgan fingerprint density at radius 2 is 0.575 bits per heavy atom. The van der Waals surface area contributed by atoms with Crippen LogP contribution in [0.15, 0.2) is 97.1 Å². The van der Waals surface area contributed by atoms with Gasteiger partial charge in [-0.3, -0.25) is 0 Å². The molecule has 0 unspecified atom stereocenters. The number of rotatable bonds is 3. The van der Waals surface area contributed by atoms with Crippen LogP contribution in [0.4, 0.5) is 17.1 Å². The Balaban J connectivity index is 0.000000646. The molecule has 210 valence electrons. The van der Waals surface area contributed by atoms with Crippen LogP contribution in [0, 0.1) is 6.92 Å². The first-order valence-corrected chi connectivity index (χ1v) is 15.1. The average molecular weight is 533 g/mol. The minimum absolute atomic E-state index is 1.15. The lowest BCUT2D eigenvalue weighted by atomic mass is 9.94. The van der Waals surface area contributed by atoms with Gasteiger partial charge in [0.25, 0.3) is 0 Å². The van der Waals surface area contributed by atoms with Crippen LogP contribution in [-0.4, -0.2) is 7.05 Å². The molecule has 0 fully saturated rings. The van der Waals surface area contributed by atoms with Gasteiger partial charge in [0.05, 0.1) is 11.4 Å². The Morgan fingerprint density at radius 3 is 0.850 bits per heavy atom. The molecule has 40 heavy (non-hydrogen) atoms. The highest BCUT2D eigenvalue weighted by molar-refractivity contribution is 6.23. The van der Waals surface area contributed by atoms with Gasteiger partial charge in [0.1, 0.15) is 0 Å². The Bertz CT molecular complexity index is 1530. The lowest BCUT2D eigenvalue weighted by Gasteiger charge is -2.21. The zero-order chi connectivity index (χ0) is 29.7. The summed E-state index contributed by atoms with van der Waals surface area (Å²) in [4.78, 5) is 0. The van der Waals surface area contributed by atoms with Crippen molar-refractivity contribution in [1.82, 2.24) is 0 Å². The number of anilines is 3. The number of benzene rings is 6. The van der Waals surface area contributed by atoms with Gasteiger partial charge in [-0.25, -0.2) is 0 Å². The van der Waals surface area contributed by atoms with Crippen molar-refractivity contribution in [2.75, 3.05) is 17.7 Å². The van der Waals surface area contributed by atoms with Crippen molar-refractivity contribution in [3.63, 3.8) is 0 Å². The fourth-order valence-electron chi connectivity index (χ4n) is 5.14. The largest absolute Gasteiger partial charge is 0.387 e. The second-order valence-electron chi connectivity index (χ2n) is 8.31. The molecule has 0 aliphatic carbocycles. The molecule has 2 nitrogen and oxygen atoms in total. The molecule has 6 rings (SSSR count). The number of fused-ring (bicyclic) bond motifs is 4. The summed E-state index contributed by atoms with van der Waals surface area (Å²) in [6.45, 7) is 18.2. The van der Waals surface area contributed by atoms with Gasteiger partial charge >= 0.3 is 0 Å². The minimum Gasteiger partial charge on any atom is -0.387 e. The van der Waals surface area contributed by atoms with E-state index in [-0.39, 0.29) is 0 Å². The molecule has 0 aliphatic rings. The fraction of sp³-hybridized carbons (Fsp3) is 0.263. The van der Waals surface area contributed by atoms with Crippen molar-refractivity contribution in [2.45, 2.75) is 62.3 Å². The van der Waals surface area contributed by atoms with E-state index in [9.17, 15) is 0 Å². The number of hydrogen-bond donors (Lipinski definition) is 2. The van der Waals surface area contributed by atoms with Crippen LogP contribution in [0.2, 0.25) is 0 Å². The molecule has 0 bridgehead atoms. The highest BCUT2D eigenvalue weighted by atomic mass is 14.9. The summed E-state index contributed by atoms with van der Waals surface area (Å²) in [5.41, 5.74) is 4.80. The van der Waals surface area contributed by atoms with Crippen LogP contribution in [0.5, 0.6) is 0 Å². The van der Waals surface area contributed by atoms with Crippen molar-refractivity contribution in [3.05, 3.63) is 103 Å². The smallest absolute Gasteiger partial charge is 0.0545 e. The van der Waals surface area contributed by atoms with E-state index >= 15 is 0 Å². The van der Waals surface area contributed by atoms with E-state index in [1.54, 1.807) is 0 Å². The SMILES string of the molecule is CC.CC.CC.CC.CNc1c2ccccc2c(Nc2c3ccccc3c(C)c3ccccc23)c2ccccc12. The topological polar surface area (TPSA) is 24.1 Å². The maximum absolute atomic E-state index is 3.93. The van der Waals surface area contributed by atoms with E-state index in [1.165, 1.54) is 54.3 Å². The van der Waals surface area contributed by atoms with Crippen molar-refractivity contribution in [3.8, 4) is 0 Å². The Morgan fingerprint density at radius 1 is 0.350 bits per heavy atom. The first kappa shape index (κ1) is 32.2. The number of hydrogen-bond acceptors (Lipinski definition) is 2. The summed E-state index contributed by atoms with van der Waals surface area (Å²) in [6.07, 6.45) is 0. The highest BCUT2D eigenvalue weighted by Gasteiger charge is 2.16. The lowest BCUT2D eigenvalue weighted by Crippen LogP contribution is -1.99. The molecular formula is C38H48N2. The molecule has 2 N–H and O–H groups in total. The minimum atomic E-state index is 1.15. The zero-order valence-corrected chi connectivity index (χ0v) is 26.2. The molecule has 6 aromatic rings. The third-order valence-corrected chi connectivity index (χ3v) is 6.63. The quantitative estimate of drug-likeness (QED) is 0.175. The third-order valence-electron chi connectivity index (χ3n) is 6.63. The van der Waals surface area contributed by atoms with Crippen LogP contribution in [0.25, 0.3) is 43.1 Å². The normalized spacial score (nSPS) is 9.75. The van der Waals surface area contributed by atoms with Gasteiger partial charge in [-0.1, -0.05) is 152 Å². The number of nitrogens with one attached hydrogen (secondary N) is 2. The Hall–Kier alpha value is -4.04. The molecule has 0 amide bonds. The summed E-state index contributed by atoms with van der Waals surface area (Å²) >= 11 is 0. The standard InChI is InChI=1S/C30H24N2.4C2H6/c1-19-20-11-3-5-13-22(20)29(23-14-6-4-12-21(19)23)32-30-26-17-9-7-15-24(26)28(31-2)25-16-8-10-18-27(25)30;4*1-2/h3-18,31-32H,1-2H3;4*1-2H3. The van der Waals surface area contributed by atoms with Crippen molar-refractivity contribution < 1.29 is 0 Å². The van der Waals surface area contributed by atoms with Gasteiger partial charge in [-0.15, -0.1) is 0 Å². The van der Waals surface area contributed by atoms with Crippen LogP contribution in [0.3, 0.4) is 0 Å². The summed E-state index contributed by atoms with van der Waals surface area (Å²) in [5.74, 6) is 0. The van der Waals surface area contributed by atoms with Gasteiger partial charge in [0, 0.05) is 45.1 Å². The van der Waals surface area contributed by atoms with E-state index in [1.807, 2.05) is 62.4 Å². The average Bonchev–Trinajstić information content (AvgIpc) is 3.06.